The first-order valence-electron chi connectivity index (χ1n) is 7.62. The van der Waals surface area contributed by atoms with E-state index in [9.17, 15) is 9.50 Å². The van der Waals surface area contributed by atoms with Gasteiger partial charge in [0.05, 0.1) is 13.2 Å². The highest BCUT2D eigenvalue weighted by Crippen LogP contribution is 2.34. The molecule has 2 N–H and O–H groups in total. The van der Waals surface area contributed by atoms with Crippen LogP contribution in [0.5, 0.6) is 11.5 Å². The fraction of sp³-hybridized carbons (Fsp3) is 0.333. The van der Waals surface area contributed by atoms with Gasteiger partial charge in [-0.2, -0.15) is 0 Å². The molecule has 0 fully saturated rings. The molecule has 0 heterocycles. The molecule has 0 spiro atoms. The van der Waals surface area contributed by atoms with E-state index in [4.69, 9.17) is 9.47 Å². The largest absolute Gasteiger partial charge is 0.493 e. The van der Waals surface area contributed by atoms with Gasteiger partial charge in [0.1, 0.15) is 12.4 Å². The molecule has 24 heavy (non-hydrogen) atoms. The number of ether oxygens (including phenoxy) is 2. The van der Waals surface area contributed by atoms with Gasteiger partial charge < -0.3 is 19.9 Å². The summed E-state index contributed by atoms with van der Waals surface area (Å²) in [4.78, 5) is 0. The number of aliphatic hydroxyl groups is 1. The second-order valence-electron chi connectivity index (χ2n) is 5.49. The second-order valence-corrected chi connectivity index (χ2v) is 6.34. The lowest BCUT2D eigenvalue weighted by Gasteiger charge is -2.15. The molecule has 2 aromatic carbocycles. The molecular weight excluding hydrogens is 377 g/mol. The van der Waals surface area contributed by atoms with Gasteiger partial charge in [-0.15, -0.1) is 0 Å². The van der Waals surface area contributed by atoms with E-state index in [0.29, 0.717) is 31.2 Å². The minimum absolute atomic E-state index is 0.270. The molecule has 0 aliphatic heterocycles. The Kier molecular flexibility index (Phi) is 7.02. The monoisotopic (exact) mass is 397 g/mol. The van der Waals surface area contributed by atoms with Gasteiger partial charge in [-0.1, -0.05) is 28.1 Å². The van der Waals surface area contributed by atoms with E-state index < -0.39 is 6.10 Å². The first-order valence-corrected chi connectivity index (χ1v) is 8.41. The summed E-state index contributed by atoms with van der Waals surface area (Å²) in [6.07, 6.45) is -0.399. The zero-order valence-electron chi connectivity index (χ0n) is 13.7. The van der Waals surface area contributed by atoms with Crippen LogP contribution in [0.25, 0.3) is 0 Å². The standard InChI is InChI=1S/C18H21BrFNO3/c1-12(22)9-21-10-14-7-17(23-2)18(8-16(14)19)24-11-13-3-5-15(20)6-4-13/h3-8,12,21-22H,9-11H2,1-2H3. The zero-order valence-corrected chi connectivity index (χ0v) is 15.3. The summed E-state index contributed by atoms with van der Waals surface area (Å²) in [5.74, 6) is 0.954. The SMILES string of the molecule is COc1cc(CNCC(C)O)c(Br)cc1OCc1ccc(F)cc1. The van der Waals surface area contributed by atoms with Crippen LogP contribution in [0.2, 0.25) is 0 Å². The van der Waals surface area contributed by atoms with E-state index in [1.54, 1.807) is 26.2 Å². The molecule has 4 nitrogen and oxygen atoms in total. The van der Waals surface area contributed by atoms with E-state index in [1.807, 2.05) is 12.1 Å². The molecule has 2 rings (SSSR count). The van der Waals surface area contributed by atoms with E-state index in [1.165, 1.54) is 12.1 Å². The van der Waals surface area contributed by atoms with Crippen LogP contribution < -0.4 is 14.8 Å². The van der Waals surface area contributed by atoms with Crippen molar-refractivity contribution in [2.75, 3.05) is 13.7 Å². The number of halogens is 2. The topological polar surface area (TPSA) is 50.7 Å². The maximum Gasteiger partial charge on any atom is 0.162 e. The fourth-order valence-electron chi connectivity index (χ4n) is 2.14. The normalized spacial score (nSPS) is 12.0. The summed E-state index contributed by atoms with van der Waals surface area (Å²) in [5, 5.41) is 12.5. The van der Waals surface area contributed by atoms with Gasteiger partial charge in [0.15, 0.2) is 11.5 Å². The van der Waals surface area contributed by atoms with Crippen LogP contribution in [0.3, 0.4) is 0 Å². The van der Waals surface area contributed by atoms with Crippen LogP contribution in [-0.2, 0) is 13.2 Å². The Morgan fingerprint density at radius 1 is 1.21 bits per heavy atom. The lowest BCUT2D eigenvalue weighted by molar-refractivity contribution is 0.191. The van der Waals surface area contributed by atoms with Gasteiger partial charge in [0.25, 0.3) is 0 Å². The number of hydrogen-bond donors (Lipinski definition) is 2. The Labute approximate surface area is 149 Å². The van der Waals surface area contributed by atoms with E-state index >= 15 is 0 Å². The Morgan fingerprint density at radius 2 is 1.92 bits per heavy atom. The van der Waals surface area contributed by atoms with Crippen molar-refractivity contribution < 1.29 is 19.0 Å². The van der Waals surface area contributed by atoms with E-state index in [-0.39, 0.29) is 5.82 Å². The number of hydrogen-bond acceptors (Lipinski definition) is 4. The van der Waals surface area contributed by atoms with Gasteiger partial charge in [-0.3, -0.25) is 0 Å². The molecule has 130 valence electrons. The third kappa shape index (κ3) is 5.47. The van der Waals surface area contributed by atoms with Gasteiger partial charge in [-0.05, 0) is 42.3 Å². The molecule has 6 heteroatoms. The molecular formula is C18H21BrFNO3. The summed E-state index contributed by atoms with van der Waals surface area (Å²) in [5.41, 5.74) is 1.87. The average Bonchev–Trinajstić information content (AvgIpc) is 2.55. The van der Waals surface area contributed by atoms with Crippen molar-refractivity contribution in [3.05, 3.63) is 57.8 Å². The van der Waals surface area contributed by atoms with Gasteiger partial charge in [-0.25, -0.2) is 4.39 Å². The second kappa shape index (κ2) is 9.01. The minimum Gasteiger partial charge on any atom is -0.493 e. The van der Waals surface area contributed by atoms with Gasteiger partial charge in [0.2, 0.25) is 0 Å². The molecule has 2 aromatic rings. The third-order valence-corrected chi connectivity index (χ3v) is 4.13. The Hall–Kier alpha value is -1.63. The van der Waals surface area contributed by atoms with Crippen LogP contribution in [0, 0.1) is 5.82 Å². The summed E-state index contributed by atoms with van der Waals surface area (Å²) in [7, 11) is 1.58. The highest BCUT2D eigenvalue weighted by molar-refractivity contribution is 9.10. The fourth-order valence-corrected chi connectivity index (χ4v) is 2.61. The maximum absolute atomic E-state index is 12.9. The van der Waals surface area contributed by atoms with Crippen molar-refractivity contribution in [3.63, 3.8) is 0 Å². The molecule has 0 amide bonds. The Balaban J connectivity index is 2.06. The van der Waals surface area contributed by atoms with Crippen LogP contribution >= 0.6 is 15.9 Å². The summed E-state index contributed by atoms with van der Waals surface area (Å²) >= 11 is 3.53. The molecule has 0 aromatic heterocycles. The molecule has 0 saturated heterocycles. The zero-order chi connectivity index (χ0) is 17.5. The predicted molar refractivity (Wildman–Crippen MR) is 94.8 cm³/mol. The lowest BCUT2D eigenvalue weighted by atomic mass is 10.2. The molecule has 0 aliphatic carbocycles. The summed E-state index contributed by atoms with van der Waals surface area (Å²) < 4.78 is 25.0. The molecule has 0 bridgehead atoms. The van der Waals surface area contributed by atoms with Crippen molar-refractivity contribution in [2.45, 2.75) is 26.2 Å². The molecule has 0 saturated carbocycles. The Morgan fingerprint density at radius 3 is 2.54 bits per heavy atom. The smallest absolute Gasteiger partial charge is 0.162 e. The van der Waals surface area contributed by atoms with Crippen molar-refractivity contribution in [3.8, 4) is 11.5 Å². The maximum atomic E-state index is 12.9. The van der Waals surface area contributed by atoms with Crippen LogP contribution in [-0.4, -0.2) is 24.9 Å². The average molecular weight is 398 g/mol. The minimum atomic E-state index is -0.399. The lowest BCUT2D eigenvalue weighted by Crippen LogP contribution is -2.24. The number of benzene rings is 2. The van der Waals surface area contributed by atoms with Crippen molar-refractivity contribution in [1.82, 2.24) is 5.32 Å². The number of aliphatic hydroxyl groups excluding tert-OH is 1. The van der Waals surface area contributed by atoms with Crippen molar-refractivity contribution in [2.24, 2.45) is 0 Å². The number of rotatable bonds is 8. The van der Waals surface area contributed by atoms with E-state index in [2.05, 4.69) is 21.2 Å². The number of nitrogens with one attached hydrogen (secondary N) is 1. The molecule has 0 radical (unpaired) electrons. The van der Waals surface area contributed by atoms with Crippen LogP contribution in [0.15, 0.2) is 40.9 Å². The van der Waals surface area contributed by atoms with E-state index in [0.717, 1.165) is 15.6 Å². The molecule has 1 unspecified atom stereocenters. The first-order chi connectivity index (χ1) is 11.5. The summed E-state index contributed by atoms with van der Waals surface area (Å²) in [6.45, 7) is 3.16. The van der Waals surface area contributed by atoms with Crippen LogP contribution in [0.4, 0.5) is 4.39 Å². The van der Waals surface area contributed by atoms with Crippen LogP contribution in [0.1, 0.15) is 18.1 Å². The Bertz CT molecular complexity index is 662. The van der Waals surface area contributed by atoms with Crippen molar-refractivity contribution >= 4 is 15.9 Å². The number of methoxy groups -OCH3 is 1. The predicted octanol–water partition coefficient (Wildman–Crippen LogP) is 3.65. The highest BCUT2D eigenvalue weighted by atomic mass is 79.9. The quantitative estimate of drug-likeness (QED) is 0.713. The third-order valence-electron chi connectivity index (χ3n) is 3.40. The first kappa shape index (κ1) is 18.7. The summed E-state index contributed by atoms with van der Waals surface area (Å²) in [6, 6.07) is 9.92. The molecule has 1 atom stereocenters. The van der Waals surface area contributed by atoms with Crippen molar-refractivity contribution in [1.29, 1.82) is 0 Å². The van der Waals surface area contributed by atoms with Gasteiger partial charge >= 0.3 is 0 Å². The highest BCUT2D eigenvalue weighted by Gasteiger charge is 2.11. The van der Waals surface area contributed by atoms with Gasteiger partial charge in [0, 0.05) is 17.6 Å². The molecule has 0 aliphatic rings.